The topological polar surface area (TPSA) is 50.2 Å². The molecule has 5 heteroatoms. The van der Waals surface area contributed by atoms with E-state index in [2.05, 4.69) is 36.1 Å². The third kappa shape index (κ3) is 8.16. The molecule has 1 rings (SSSR count). The summed E-state index contributed by atoms with van der Waals surface area (Å²) in [5.74, 6) is -0.0832. The number of nitrogens with one attached hydrogen (secondary N) is 1. The normalized spacial score (nSPS) is 12.6. The monoisotopic (exact) mass is 322 g/mol. The molecule has 0 radical (unpaired) electrons. The summed E-state index contributed by atoms with van der Waals surface area (Å²) in [6.07, 6.45) is 9.32. The van der Waals surface area contributed by atoms with Crippen molar-refractivity contribution >= 4 is 5.91 Å². The van der Waals surface area contributed by atoms with Crippen molar-refractivity contribution in [1.29, 1.82) is 0 Å². The molecule has 1 amide bonds. The number of hydrogen-bond acceptors (Lipinski definition) is 3. The van der Waals surface area contributed by atoms with Gasteiger partial charge >= 0.3 is 0 Å². The second-order valence-corrected chi connectivity index (χ2v) is 6.46. The van der Waals surface area contributed by atoms with Gasteiger partial charge in [-0.05, 0) is 38.9 Å². The van der Waals surface area contributed by atoms with Crippen molar-refractivity contribution in [2.24, 2.45) is 7.05 Å². The van der Waals surface area contributed by atoms with Crippen LogP contribution in [0.5, 0.6) is 0 Å². The molecule has 0 bridgehead atoms. The van der Waals surface area contributed by atoms with Crippen molar-refractivity contribution in [2.45, 2.75) is 65.3 Å². The van der Waals surface area contributed by atoms with Gasteiger partial charge in [0.1, 0.15) is 5.69 Å². The van der Waals surface area contributed by atoms with Gasteiger partial charge in [0.15, 0.2) is 0 Å². The summed E-state index contributed by atoms with van der Waals surface area (Å²) in [7, 11) is 1.82. The van der Waals surface area contributed by atoms with Crippen molar-refractivity contribution in [3.05, 3.63) is 18.0 Å². The van der Waals surface area contributed by atoms with E-state index in [4.69, 9.17) is 0 Å². The maximum absolute atomic E-state index is 12.2. The molecule has 1 aromatic heterocycles. The van der Waals surface area contributed by atoms with Crippen LogP contribution in [0.4, 0.5) is 0 Å². The summed E-state index contributed by atoms with van der Waals surface area (Å²) < 4.78 is 1.65. The lowest BCUT2D eigenvalue weighted by Gasteiger charge is -2.26. The van der Waals surface area contributed by atoms with Crippen LogP contribution in [0.1, 0.15) is 69.8 Å². The molecule has 0 aliphatic heterocycles. The zero-order valence-electron chi connectivity index (χ0n) is 15.3. The molecule has 23 heavy (non-hydrogen) atoms. The highest BCUT2D eigenvalue weighted by molar-refractivity contribution is 5.92. The van der Waals surface area contributed by atoms with Crippen LogP contribution in [0.25, 0.3) is 0 Å². The quantitative estimate of drug-likeness (QED) is 0.601. The first-order chi connectivity index (χ1) is 11.1. The summed E-state index contributed by atoms with van der Waals surface area (Å²) in [6.45, 7) is 9.70. The number of aromatic nitrogens is 2. The van der Waals surface area contributed by atoms with Crippen LogP contribution in [-0.2, 0) is 7.05 Å². The maximum atomic E-state index is 12.2. The van der Waals surface area contributed by atoms with Gasteiger partial charge in [0.2, 0.25) is 0 Å². The van der Waals surface area contributed by atoms with Gasteiger partial charge in [-0.15, -0.1) is 0 Å². The van der Waals surface area contributed by atoms with Gasteiger partial charge in [-0.3, -0.25) is 9.48 Å². The van der Waals surface area contributed by atoms with Crippen molar-refractivity contribution < 1.29 is 4.79 Å². The minimum absolute atomic E-state index is 0.0832. The van der Waals surface area contributed by atoms with Crippen molar-refractivity contribution in [1.82, 2.24) is 20.0 Å². The number of amides is 1. The van der Waals surface area contributed by atoms with Crippen molar-refractivity contribution in [3.63, 3.8) is 0 Å². The molecule has 0 aliphatic carbocycles. The molecule has 132 valence electrons. The zero-order valence-corrected chi connectivity index (χ0v) is 15.3. The Labute approximate surface area is 141 Å². The Morgan fingerprint density at radius 1 is 1.22 bits per heavy atom. The fourth-order valence-corrected chi connectivity index (χ4v) is 2.73. The van der Waals surface area contributed by atoms with Gasteiger partial charge in [0, 0.05) is 25.8 Å². The third-order valence-electron chi connectivity index (χ3n) is 4.01. The molecule has 0 spiro atoms. The number of aryl methyl sites for hydroxylation is 1. The van der Waals surface area contributed by atoms with Gasteiger partial charge in [-0.2, -0.15) is 5.10 Å². The number of hydrogen-bond donors (Lipinski definition) is 1. The molecule has 0 fully saturated rings. The summed E-state index contributed by atoms with van der Waals surface area (Å²) in [5.41, 5.74) is 0.489. The smallest absolute Gasteiger partial charge is 0.272 e. The Kier molecular flexibility index (Phi) is 9.60. The van der Waals surface area contributed by atoms with Gasteiger partial charge in [0.05, 0.1) is 0 Å². The number of carbonyl (C=O) groups is 1. The highest BCUT2D eigenvalue weighted by Crippen LogP contribution is 2.04. The predicted molar refractivity (Wildman–Crippen MR) is 95.6 cm³/mol. The zero-order chi connectivity index (χ0) is 17.1. The van der Waals surface area contributed by atoms with E-state index in [-0.39, 0.29) is 11.9 Å². The Morgan fingerprint density at radius 2 is 1.83 bits per heavy atom. The Morgan fingerprint density at radius 3 is 2.30 bits per heavy atom. The van der Waals surface area contributed by atoms with Crippen molar-refractivity contribution in [2.75, 3.05) is 19.6 Å². The number of nitrogens with zero attached hydrogens (tertiary/aromatic N) is 3. The van der Waals surface area contributed by atoms with Crippen LogP contribution in [0.2, 0.25) is 0 Å². The fourth-order valence-electron chi connectivity index (χ4n) is 2.73. The molecule has 0 saturated carbocycles. The third-order valence-corrected chi connectivity index (χ3v) is 4.01. The first-order valence-electron chi connectivity index (χ1n) is 9.09. The standard InChI is InChI=1S/C18H34N4O/c1-5-7-9-12-22(13-10-8-6-2)15-16(3)19-18(23)17-11-14-21(4)20-17/h11,14,16H,5-10,12-13,15H2,1-4H3,(H,19,23). The molecule has 0 saturated heterocycles. The van der Waals surface area contributed by atoms with Gasteiger partial charge in [0.25, 0.3) is 5.91 Å². The van der Waals surface area contributed by atoms with Crippen LogP contribution in [0.15, 0.2) is 12.3 Å². The summed E-state index contributed by atoms with van der Waals surface area (Å²) >= 11 is 0. The lowest BCUT2D eigenvalue weighted by molar-refractivity contribution is 0.0922. The predicted octanol–water partition coefficient (Wildman–Crippen LogP) is 3.22. The van der Waals surface area contributed by atoms with E-state index in [0.29, 0.717) is 5.69 Å². The largest absolute Gasteiger partial charge is 0.347 e. The van der Waals surface area contributed by atoms with E-state index in [1.807, 2.05) is 7.05 Å². The van der Waals surface area contributed by atoms with Crippen LogP contribution in [-0.4, -0.2) is 46.3 Å². The second-order valence-electron chi connectivity index (χ2n) is 6.46. The lowest BCUT2D eigenvalue weighted by Crippen LogP contribution is -2.42. The average molecular weight is 322 g/mol. The van der Waals surface area contributed by atoms with Crippen LogP contribution in [0.3, 0.4) is 0 Å². The highest BCUT2D eigenvalue weighted by Gasteiger charge is 2.15. The molecule has 1 N–H and O–H groups in total. The maximum Gasteiger partial charge on any atom is 0.272 e. The lowest BCUT2D eigenvalue weighted by atomic mass is 10.2. The minimum Gasteiger partial charge on any atom is -0.347 e. The summed E-state index contributed by atoms with van der Waals surface area (Å²) in [4.78, 5) is 14.7. The highest BCUT2D eigenvalue weighted by atomic mass is 16.2. The minimum atomic E-state index is -0.0832. The first kappa shape index (κ1) is 19.7. The number of carbonyl (C=O) groups excluding carboxylic acids is 1. The van der Waals surface area contributed by atoms with E-state index in [1.54, 1.807) is 16.9 Å². The van der Waals surface area contributed by atoms with Crippen LogP contribution in [0, 0.1) is 0 Å². The SMILES string of the molecule is CCCCCN(CCCCC)CC(C)NC(=O)c1ccn(C)n1. The molecular weight excluding hydrogens is 288 g/mol. The molecule has 5 nitrogen and oxygen atoms in total. The molecule has 1 aromatic rings. The van der Waals surface area contributed by atoms with E-state index in [9.17, 15) is 4.79 Å². The molecular formula is C18H34N4O. The number of unbranched alkanes of at least 4 members (excludes halogenated alkanes) is 4. The second kappa shape index (κ2) is 11.2. The van der Waals surface area contributed by atoms with E-state index in [0.717, 1.165) is 19.6 Å². The van der Waals surface area contributed by atoms with Crippen molar-refractivity contribution in [3.8, 4) is 0 Å². The van der Waals surface area contributed by atoms with Crippen LogP contribution < -0.4 is 5.32 Å². The van der Waals surface area contributed by atoms with E-state index < -0.39 is 0 Å². The summed E-state index contributed by atoms with van der Waals surface area (Å²) in [5, 5.41) is 7.22. The van der Waals surface area contributed by atoms with Gasteiger partial charge < -0.3 is 10.2 Å². The molecule has 0 aliphatic rings. The average Bonchev–Trinajstić information content (AvgIpc) is 2.94. The fraction of sp³-hybridized carbons (Fsp3) is 0.778. The van der Waals surface area contributed by atoms with Gasteiger partial charge in [-0.1, -0.05) is 39.5 Å². The van der Waals surface area contributed by atoms with Gasteiger partial charge in [-0.25, -0.2) is 0 Å². The van der Waals surface area contributed by atoms with E-state index >= 15 is 0 Å². The Balaban J connectivity index is 2.43. The molecule has 1 unspecified atom stereocenters. The Bertz CT molecular complexity index is 434. The van der Waals surface area contributed by atoms with Crippen LogP contribution >= 0.6 is 0 Å². The first-order valence-corrected chi connectivity index (χ1v) is 9.09. The number of rotatable bonds is 12. The molecule has 1 atom stereocenters. The molecule has 0 aromatic carbocycles. The Hall–Kier alpha value is -1.36. The van der Waals surface area contributed by atoms with E-state index in [1.165, 1.54) is 38.5 Å². The summed E-state index contributed by atoms with van der Waals surface area (Å²) in [6, 6.07) is 1.88. The molecule has 1 heterocycles.